The van der Waals surface area contributed by atoms with Crippen molar-refractivity contribution >= 4 is 17.4 Å². The van der Waals surface area contributed by atoms with Crippen molar-refractivity contribution in [1.82, 2.24) is 15.2 Å². The third-order valence-electron chi connectivity index (χ3n) is 4.64. The monoisotopic (exact) mass is 392 g/mol. The normalized spacial score (nSPS) is 15.0. The average molecular weight is 393 g/mol. The van der Waals surface area contributed by atoms with Crippen LogP contribution in [-0.4, -0.2) is 34.1 Å². The first-order valence-electron chi connectivity index (χ1n) is 9.83. The molecule has 0 fully saturated rings. The number of aromatic nitrogens is 1. The molecule has 1 amide bonds. The van der Waals surface area contributed by atoms with Gasteiger partial charge in [0.15, 0.2) is 0 Å². The molecule has 2 heterocycles. The Bertz CT molecular complexity index is 967. The maximum Gasteiger partial charge on any atom is 0.253 e. The van der Waals surface area contributed by atoms with E-state index in [-0.39, 0.29) is 5.91 Å². The number of amides is 1. The summed E-state index contributed by atoms with van der Waals surface area (Å²) in [4.78, 5) is 17.1. The van der Waals surface area contributed by atoms with E-state index in [1.54, 1.807) is 30.0 Å². The Morgan fingerprint density at radius 1 is 1.38 bits per heavy atom. The molecule has 1 aromatic carbocycles. The molecule has 3 N–H and O–H groups in total. The molecule has 0 spiro atoms. The quantitative estimate of drug-likeness (QED) is 0.677. The van der Waals surface area contributed by atoms with Crippen LogP contribution in [0.1, 0.15) is 41.8 Å². The van der Waals surface area contributed by atoms with E-state index in [2.05, 4.69) is 46.8 Å². The number of amidine groups is 1. The van der Waals surface area contributed by atoms with Gasteiger partial charge in [0.25, 0.3) is 5.91 Å². The fraction of sp³-hybridized carbons (Fsp3) is 0.304. The Kier molecular flexibility index (Phi) is 6.67. The number of carbonyl (C=O) groups is 1. The topological polar surface area (TPSA) is 78.7 Å². The molecule has 0 saturated heterocycles. The largest absolute Gasteiger partial charge is 0.392 e. The van der Waals surface area contributed by atoms with Crippen LogP contribution in [0.3, 0.4) is 0 Å². The highest BCUT2D eigenvalue weighted by atomic mass is 16.3. The molecule has 1 aliphatic heterocycles. The van der Waals surface area contributed by atoms with Crippen molar-refractivity contribution in [3.05, 3.63) is 77.3 Å². The maximum absolute atomic E-state index is 12.4. The number of allylic oxidation sites excluding steroid dienone is 1. The van der Waals surface area contributed by atoms with Gasteiger partial charge in [-0.25, -0.2) is 4.99 Å². The van der Waals surface area contributed by atoms with Crippen LogP contribution in [0, 0.1) is 6.92 Å². The van der Waals surface area contributed by atoms with E-state index in [9.17, 15) is 9.90 Å². The fourth-order valence-electron chi connectivity index (χ4n) is 3.17. The minimum atomic E-state index is -0.456. The number of nitrogens with zero attached hydrogens (tertiary/aromatic N) is 2. The van der Waals surface area contributed by atoms with E-state index in [1.165, 1.54) is 5.56 Å². The van der Waals surface area contributed by atoms with Crippen LogP contribution in [0.25, 0.3) is 5.70 Å². The van der Waals surface area contributed by atoms with Crippen molar-refractivity contribution in [2.24, 2.45) is 4.99 Å². The molecule has 1 atom stereocenters. The molecule has 0 saturated carbocycles. The van der Waals surface area contributed by atoms with Gasteiger partial charge in [-0.3, -0.25) is 4.79 Å². The Hall–Kier alpha value is -3.12. The van der Waals surface area contributed by atoms with Gasteiger partial charge in [0.2, 0.25) is 0 Å². The standard InChI is InChI=1S/C23H28N4O2/c1-4-20(13-24-23(29)19-10-11-27(15-19)14-17(3)28)25-22-9-8-21(26-22)18-7-5-6-16(2)12-18/h4-8,10-12,15,17,28H,9,13-14H2,1-3H3,(H,24,29)(H,25,26)/b20-4-. The lowest BCUT2D eigenvalue weighted by atomic mass is 10.1. The number of hydrogen-bond donors (Lipinski definition) is 3. The van der Waals surface area contributed by atoms with Gasteiger partial charge in [0.05, 0.1) is 23.9 Å². The summed E-state index contributed by atoms with van der Waals surface area (Å²) in [5.74, 6) is 0.717. The first-order chi connectivity index (χ1) is 13.9. The molecule has 152 valence electrons. The maximum atomic E-state index is 12.4. The second-order valence-corrected chi connectivity index (χ2v) is 7.29. The molecule has 6 heteroatoms. The first-order valence-corrected chi connectivity index (χ1v) is 9.83. The Morgan fingerprint density at radius 2 is 2.21 bits per heavy atom. The summed E-state index contributed by atoms with van der Waals surface area (Å²) in [6.07, 6.45) is 7.85. The van der Waals surface area contributed by atoms with Crippen LogP contribution in [0.15, 0.2) is 65.6 Å². The van der Waals surface area contributed by atoms with Crippen molar-refractivity contribution in [1.29, 1.82) is 0 Å². The van der Waals surface area contributed by atoms with Crippen molar-refractivity contribution in [2.75, 3.05) is 6.54 Å². The van der Waals surface area contributed by atoms with E-state index in [4.69, 9.17) is 0 Å². The van der Waals surface area contributed by atoms with Gasteiger partial charge in [-0.1, -0.05) is 35.9 Å². The van der Waals surface area contributed by atoms with Crippen LogP contribution >= 0.6 is 0 Å². The third kappa shape index (κ3) is 5.68. The van der Waals surface area contributed by atoms with Crippen molar-refractivity contribution in [3.8, 4) is 0 Å². The van der Waals surface area contributed by atoms with E-state index in [0.29, 0.717) is 18.7 Å². The molecule has 6 nitrogen and oxygen atoms in total. The molecule has 0 radical (unpaired) electrons. The summed E-state index contributed by atoms with van der Waals surface area (Å²) in [5, 5.41) is 15.7. The zero-order chi connectivity index (χ0) is 20.8. The smallest absolute Gasteiger partial charge is 0.253 e. The van der Waals surface area contributed by atoms with Crippen molar-refractivity contribution < 1.29 is 9.90 Å². The zero-order valence-corrected chi connectivity index (χ0v) is 17.1. The number of nitrogens with one attached hydrogen (secondary N) is 2. The summed E-state index contributed by atoms with van der Waals surface area (Å²) in [7, 11) is 0. The van der Waals surface area contributed by atoms with Gasteiger partial charge in [-0.05, 0) is 32.9 Å². The lowest BCUT2D eigenvalue weighted by Crippen LogP contribution is -2.32. The van der Waals surface area contributed by atoms with E-state index < -0.39 is 6.10 Å². The number of aliphatic imine (C=N–C) groups is 1. The van der Waals surface area contributed by atoms with E-state index in [1.807, 2.05) is 19.1 Å². The van der Waals surface area contributed by atoms with E-state index >= 15 is 0 Å². The summed E-state index contributed by atoms with van der Waals surface area (Å²) in [6.45, 7) is 6.56. The van der Waals surface area contributed by atoms with Crippen LogP contribution in [-0.2, 0) is 6.54 Å². The Balaban J connectivity index is 1.54. The van der Waals surface area contributed by atoms with Gasteiger partial charge in [0.1, 0.15) is 5.84 Å². The number of aliphatic hydroxyl groups is 1. The van der Waals surface area contributed by atoms with Crippen LogP contribution in [0.5, 0.6) is 0 Å². The molecule has 1 unspecified atom stereocenters. The SMILES string of the molecule is C/C=C(/CNC(=O)c1ccn(CC(C)O)c1)NC1=NC(c2cccc(C)c2)=CC1. The molecule has 1 aliphatic rings. The molecule has 3 rings (SSSR count). The highest BCUT2D eigenvalue weighted by molar-refractivity contribution is 5.96. The second kappa shape index (κ2) is 9.39. The summed E-state index contributed by atoms with van der Waals surface area (Å²) in [5.41, 5.74) is 4.75. The minimum absolute atomic E-state index is 0.151. The zero-order valence-electron chi connectivity index (χ0n) is 17.1. The predicted molar refractivity (Wildman–Crippen MR) is 117 cm³/mol. The van der Waals surface area contributed by atoms with Gasteiger partial charge >= 0.3 is 0 Å². The minimum Gasteiger partial charge on any atom is -0.392 e. The van der Waals surface area contributed by atoms with Crippen LogP contribution in [0.2, 0.25) is 0 Å². The first kappa shape index (κ1) is 20.6. The number of rotatable bonds is 7. The van der Waals surface area contributed by atoms with Gasteiger partial charge in [0, 0.05) is 36.6 Å². The lowest BCUT2D eigenvalue weighted by Gasteiger charge is -2.11. The average Bonchev–Trinajstić information content (AvgIpc) is 3.34. The molecular formula is C23H28N4O2. The Labute approximate surface area is 171 Å². The van der Waals surface area contributed by atoms with Crippen molar-refractivity contribution in [3.63, 3.8) is 0 Å². The predicted octanol–water partition coefficient (Wildman–Crippen LogP) is 3.24. The van der Waals surface area contributed by atoms with Gasteiger partial charge in [-0.15, -0.1) is 0 Å². The second-order valence-electron chi connectivity index (χ2n) is 7.29. The van der Waals surface area contributed by atoms with Crippen LogP contribution in [0.4, 0.5) is 0 Å². The molecule has 2 aromatic rings. The van der Waals surface area contributed by atoms with Gasteiger partial charge < -0.3 is 20.3 Å². The number of benzene rings is 1. The summed E-state index contributed by atoms with van der Waals surface area (Å²) < 4.78 is 1.81. The molecule has 0 bridgehead atoms. The molecule has 1 aromatic heterocycles. The Morgan fingerprint density at radius 3 is 2.93 bits per heavy atom. The number of aliphatic hydroxyl groups excluding tert-OH is 1. The fourth-order valence-corrected chi connectivity index (χ4v) is 3.17. The number of carbonyl (C=O) groups excluding carboxylic acids is 1. The van der Waals surface area contributed by atoms with Crippen molar-refractivity contribution in [2.45, 2.75) is 39.8 Å². The third-order valence-corrected chi connectivity index (χ3v) is 4.64. The van der Waals surface area contributed by atoms with Gasteiger partial charge in [-0.2, -0.15) is 0 Å². The van der Waals surface area contributed by atoms with Crippen LogP contribution < -0.4 is 10.6 Å². The number of hydrogen-bond acceptors (Lipinski definition) is 4. The summed E-state index contributed by atoms with van der Waals surface area (Å²) >= 11 is 0. The van der Waals surface area contributed by atoms with E-state index in [0.717, 1.165) is 29.2 Å². The molecule has 0 aliphatic carbocycles. The number of aryl methyl sites for hydroxylation is 1. The highest BCUT2D eigenvalue weighted by Crippen LogP contribution is 2.22. The molecule has 29 heavy (non-hydrogen) atoms. The lowest BCUT2D eigenvalue weighted by molar-refractivity contribution is 0.0956. The highest BCUT2D eigenvalue weighted by Gasteiger charge is 2.13. The summed E-state index contributed by atoms with van der Waals surface area (Å²) in [6, 6.07) is 10.0. The molecular weight excluding hydrogens is 364 g/mol.